The molecule has 0 aromatic carbocycles. The van der Waals surface area contributed by atoms with Crippen LogP contribution in [0.25, 0.3) is 0 Å². The Morgan fingerprint density at radius 2 is 2.46 bits per heavy atom. The second-order valence-electron chi connectivity index (χ2n) is 3.22. The monoisotopic (exact) mass is 197 g/mol. The van der Waals surface area contributed by atoms with Crippen molar-refractivity contribution in [3.63, 3.8) is 0 Å². The maximum Gasteiger partial charge on any atom is 0.220 e. The number of amides is 1. The standard InChI is InChI=1S/C10H15NOS/c1-2-3-9(10(11)12)6-8-4-5-13-7-8/h4-5,7,9H,2-3,6H2,1H3,(H2,11,12)/t9-/m1/s1. The molecule has 2 nitrogen and oxygen atoms in total. The lowest BCUT2D eigenvalue weighted by Gasteiger charge is -2.10. The van der Waals surface area contributed by atoms with Crippen molar-refractivity contribution in [2.24, 2.45) is 11.7 Å². The first-order valence-electron chi connectivity index (χ1n) is 4.54. The van der Waals surface area contributed by atoms with E-state index in [0.717, 1.165) is 19.3 Å². The molecule has 2 N–H and O–H groups in total. The third-order valence-electron chi connectivity index (χ3n) is 2.10. The molecule has 3 heteroatoms. The van der Waals surface area contributed by atoms with E-state index < -0.39 is 0 Å². The van der Waals surface area contributed by atoms with Crippen LogP contribution in [0.1, 0.15) is 25.3 Å². The minimum Gasteiger partial charge on any atom is -0.369 e. The average molecular weight is 197 g/mol. The van der Waals surface area contributed by atoms with Gasteiger partial charge in [0.2, 0.25) is 5.91 Å². The number of thiophene rings is 1. The molecule has 0 saturated carbocycles. The van der Waals surface area contributed by atoms with Crippen molar-refractivity contribution in [1.82, 2.24) is 0 Å². The Bertz CT molecular complexity index is 256. The quantitative estimate of drug-likeness (QED) is 0.772. The van der Waals surface area contributed by atoms with Gasteiger partial charge in [0.1, 0.15) is 0 Å². The molecule has 1 atom stereocenters. The summed E-state index contributed by atoms with van der Waals surface area (Å²) in [6.45, 7) is 2.07. The van der Waals surface area contributed by atoms with Gasteiger partial charge >= 0.3 is 0 Å². The number of hydrogen-bond acceptors (Lipinski definition) is 2. The van der Waals surface area contributed by atoms with E-state index in [4.69, 9.17) is 5.73 Å². The number of rotatable bonds is 5. The molecule has 1 rings (SSSR count). The molecule has 1 aromatic heterocycles. The molecular weight excluding hydrogens is 182 g/mol. The lowest BCUT2D eigenvalue weighted by molar-refractivity contribution is -0.122. The van der Waals surface area contributed by atoms with Crippen molar-refractivity contribution < 1.29 is 4.79 Å². The molecule has 0 aliphatic rings. The predicted octanol–water partition coefficient (Wildman–Crippen LogP) is 2.19. The lowest BCUT2D eigenvalue weighted by atomic mass is 9.96. The van der Waals surface area contributed by atoms with Crippen LogP contribution >= 0.6 is 11.3 Å². The fraction of sp³-hybridized carbons (Fsp3) is 0.500. The zero-order valence-corrected chi connectivity index (χ0v) is 8.64. The molecule has 1 amide bonds. The van der Waals surface area contributed by atoms with Crippen molar-refractivity contribution >= 4 is 17.2 Å². The van der Waals surface area contributed by atoms with Crippen LogP contribution in [0.4, 0.5) is 0 Å². The highest BCUT2D eigenvalue weighted by Gasteiger charge is 2.14. The zero-order chi connectivity index (χ0) is 9.68. The Labute approximate surface area is 82.8 Å². The molecule has 1 heterocycles. The first kappa shape index (κ1) is 10.3. The topological polar surface area (TPSA) is 43.1 Å². The van der Waals surface area contributed by atoms with Crippen molar-refractivity contribution in [3.8, 4) is 0 Å². The second kappa shape index (κ2) is 5.02. The van der Waals surface area contributed by atoms with E-state index in [1.807, 2.05) is 5.38 Å². The van der Waals surface area contributed by atoms with E-state index in [1.54, 1.807) is 11.3 Å². The normalized spacial score (nSPS) is 12.7. The summed E-state index contributed by atoms with van der Waals surface area (Å²) in [5, 5.41) is 4.10. The van der Waals surface area contributed by atoms with Crippen molar-refractivity contribution in [2.45, 2.75) is 26.2 Å². The molecule has 0 aliphatic heterocycles. The fourth-order valence-corrected chi connectivity index (χ4v) is 2.07. The van der Waals surface area contributed by atoms with E-state index in [9.17, 15) is 4.79 Å². The van der Waals surface area contributed by atoms with Gasteiger partial charge in [-0.05, 0) is 35.2 Å². The molecule has 72 valence electrons. The summed E-state index contributed by atoms with van der Waals surface area (Å²) in [6.07, 6.45) is 2.70. The first-order valence-corrected chi connectivity index (χ1v) is 5.48. The van der Waals surface area contributed by atoms with E-state index in [1.165, 1.54) is 5.56 Å². The molecule has 0 bridgehead atoms. The van der Waals surface area contributed by atoms with Crippen LogP contribution in [-0.4, -0.2) is 5.91 Å². The minimum absolute atomic E-state index is 0.0135. The maximum atomic E-state index is 11.0. The fourth-order valence-electron chi connectivity index (χ4n) is 1.39. The molecule has 0 unspecified atom stereocenters. The van der Waals surface area contributed by atoms with E-state index in [0.29, 0.717) is 0 Å². The molecule has 0 saturated heterocycles. The molecule has 0 fully saturated rings. The van der Waals surface area contributed by atoms with Crippen molar-refractivity contribution in [2.75, 3.05) is 0 Å². The highest BCUT2D eigenvalue weighted by atomic mass is 32.1. The Balaban J connectivity index is 2.52. The van der Waals surface area contributed by atoms with Crippen LogP contribution in [-0.2, 0) is 11.2 Å². The minimum atomic E-state index is -0.173. The lowest BCUT2D eigenvalue weighted by Crippen LogP contribution is -2.24. The van der Waals surface area contributed by atoms with E-state index >= 15 is 0 Å². The second-order valence-corrected chi connectivity index (χ2v) is 4.00. The third kappa shape index (κ3) is 3.19. The van der Waals surface area contributed by atoms with E-state index in [-0.39, 0.29) is 11.8 Å². The van der Waals surface area contributed by atoms with Crippen LogP contribution in [0.5, 0.6) is 0 Å². The number of carbonyl (C=O) groups is 1. The van der Waals surface area contributed by atoms with Crippen molar-refractivity contribution in [1.29, 1.82) is 0 Å². The number of carbonyl (C=O) groups excluding carboxylic acids is 1. The van der Waals surface area contributed by atoms with Crippen LogP contribution in [0, 0.1) is 5.92 Å². The summed E-state index contributed by atoms with van der Waals surface area (Å²) in [7, 11) is 0. The Morgan fingerprint density at radius 3 is 2.92 bits per heavy atom. The smallest absolute Gasteiger partial charge is 0.220 e. The van der Waals surface area contributed by atoms with Crippen LogP contribution in [0.15, 0.2) is 16.8 Å². The summed E-state index contributed by atoms with van der Waals surface area (Å²) in [5.74, 6) is -0.160. The van der Waals surface area contributed by atoms with Gasteiger partial charge in [0.25, 0.3) is 0 Å². The summed E-state index contributed by atoms with van der Waals surface area (Å²) in [5.41, 5.74) is 6.53. The summed E-state index contributed by atoms with van der Waals surface area (Å²) >= 11 is 1.66. The predicted molar refractivity (Wildman–Crippen MR) is 55.6 cm³/mol. The van der Waals surface area contributed by atoms with Gasteiger partial charge in [-0.25, -0.2) is 0 Å². The van der Waals surface area contributed by atoms with Gasteiger partial charge in [-0.2, -0.15) is 11.3 Å². The summed E-state index contributed by atoms with van der Waals surface area (Å²) in [6, 6.07) is 2.05. The zero-order valence-electron chi connectivity index (χ0n) is 7.82. The molecule has 0 spiro atoms. The third-order valence-corrected chi connectivity index (χ3v) is 2.83. The molecule has 0 radical (unpaired) electrons. The highest BCUT2D eigenvalue weighted by Crippen LogP contribution is 2.15. The Kier molecular flexibility index (Phi) is 3.96. The maximum absolute atomic E-state index is 11.0. The van der Waals surface area contributed by atoms with E-state index in [2.05, 4.69) is 18.4 Å². The van der Waals surface area contributed by atoms with Gasteiger partial charge in [-0.15, -0.1) is 0 Å². The van der Waals surface area contributed by atoms with Gasteiger partial charge < -0.3 is 5.73 Å². The first-order chi connectivity index (χ1) is 6.24. The highest BCUT2D eigenvalue weighted by molar-refractivity contribution is 7.07. The number of nitrogens with two attached hydrogens (primary N) is 1. The SMILES string of the molecule is CCC[C@H](Cc1ccsc1)C(N)=O. The Morgan fingerprint density at radius 1 is 1.69 bits per heavy atom. The van der Waals surface area contributed by atoms with Crippen LogP contribution < -0.4 is 5.73 Å². The summed E-state index contributed by atoms with van der Waals surface area (Å²) < 4.78 is 0. The summed E-state index contributed by atoms with van der Waals surface area (Å²) in [4.78, 5) is 11.0. The van der Waals surface area contributed by atoms with Crippen LogP contribution in [0.2, 0.25) is 0 Å². The number of hydrogen-bond donors (Lipinski definition) is 1. The molecular formula is C10H15NOS. The Hall–Kier alpha value is -0.830. The average Bonchev–Trinajstić information content (AvgIpc) is 2.56. The van der Waals surface area contributed by atoms with Crippen molar-refractivity contribution in [3.05, 3.63) is 22.4 Å². The van der Waals surface area contributed by atoms with Gasteiger partial charge in [0.15, 0.2) is 0 Å². The molecule has 13 heavy (non-hydrogen) atoms. The molecule has 1 aromatic rings. The van der Waals surface area contributed by atoms with Gasteiger partial charge in [0, 0.05) is 5.92 Å². The van der Waals surface area contributed by atoms with Gasteiger partial charge in [0.05, 0.1) is 0 Å². The van der Waals surface area contributed by atoms with Gasteiger partial charge in [-0.3, -0.25) is 4.79 Å². The molecule has 0 aliphatic carbocycles. The number of primary amides is 1. The largest absolute Gasteiger partial charge is 0.369 e. The van der Waals surface area contributed by atoms with Crippen LogP contribution in [0.3, 0.4) is 0 Å². The van der Waals surface area contributed by atoms with Gasteiger partial charge in [-0.1, -0.05) is 13.3 Å².